The van der Waals surface area contributed by atoms with Gasteiger partial charge in [-0.2, -0.15) is 0 Å². The first-order valence-electron chi connectivity index (χ1n) is 10.4. The van der Waals surface area contributed by atoms with E-state index in [2.05, 4.69) is 18.2 Å². The number of hydrogen-bond donors (Lipinski definition) is 0. The summed E-state index contributed by atoms with van der Waals surface area (Å²) in [4.78, 5) is 15.7. The van der Waals surface area contributed by atoms with Crippen molar-refractivity contribution in [1.82, 2.24) is 4.90 Å². The molecule has 0 radical (unpaired) electrons. The molecule has 1 unspecified atom stereocenters. The van der Waals surface area contributed by atoms with Gasteiger partial charge in [0.05, 0.1) is 6.04 Å². The van der Waals surface area contributed by atoms with E-state index in [1.807, 2.05) is 77.7 Å². The van der Waals surface area contributed by atoms with Crippen molar-refractivity contribution in [2.45, 2.75) is 19.0 Å². The zero-order valence-corrected chi connectivity index (χ0v) is 17.8. The van der Waals surface area contributed by atoms with E-state index in [0.29, 0.717) is 18.2 Å². The molecule has 1 aliphatic rings. The Morgan fingerprint density at radius 2 is 1.58 bits per heavy atom. The Kier molecular flexibility index (Phi) is 5.35. The molecular weight excluding hydrogens is 406 g/mol. The molecule has 5 rings (SSSR count). The van der Waals surface area contributed by atoms with Crippen molar-refractivity contribution >= 4 is 28.3 Å². The van der Waals surface area contributed by atoms with Crippen LogP contribution in [0.1, 0.15) is 21.5 Å². The number of benzene rings is 4. The van der Waals surface area contributed by atoms with Crippen molar-refractivity contribution in [2.75, 3.05) is 6.61 Å². The Hall–Kier alpha value is -3.30. The number of fused-ring (bicyclic) bond motifs is 2. The smallest absolute Gasteiger partial charge is 0.255 e. The quantitative estimate of drug-likeness (QED) is 0.391. The molecular formula is C27H22ClNO2. The third-order valence-electron chi connectivity index (χ3n) is 5.89. The molecule has 0 spiro atoms. The summed E-state index contributed by atoms with van der Waals surface area (Å²) in [5, 5.41) is 2.72. The monoisotopic (exact) mass is 427 g/mol. The van der Waals surface area contributed by atoms with Gasteiger partial charge in [0.15, 0.2) is 0 Å². The second kappa shape index (κ2) is 8.44. The Bertz CT molecular complexity index is 1230. The van der Waals surface area contributed by atoms with Gasteiger partial charge in [0.1, 0.15) is 12.4 Å². The molecule has 3 nitrogen and oxygen atoms in total. The molecule has 1 heterocycles. The normalized spacial score (nSPS) is 15.5. The lowest BCUT2D eigenvalue weighted by atomic mass is 9.93. The van der Waals surface area contributed by atoms with Gasteiger partial charge in [0.25, 0.3) is 5.91 Å². The summed E-state index contributed by atoms with van der Waals surface area (Å²) in [5.74, 6) is 0.789. The van der Waals surface area contributed by atoms with Crippen molar-refractivity contribution in [3.05, 3.63) is 113 Å². The van der Waals surface area contributed by atoms with Gasteiger partial charge in [-0.15, -0.1) is 0 Å². The number of ether oxygens (including phenoxy) is 1. The van der Waals surface area contributed by atoms with E-state index < -0.39 is 0 Å². The van der Waals surface area contributed by atoms with Crippen LogP contribution in [0.2, 0.25) is 5.02 Å². The molecule has 4 aromatic rings. The summed E-state index contributed by atoms with van der Waals surface area (Å²) in [5.41, 5.74) is 3.20. The standard InChI is InChI=1S/C27H22ClNO2/c28-22-12-14-24(15-13-22)31-18-23-16-20-7-1-2-8-21(20)17-29(23)27(30)26-11-5-9-19-6-3-4-10-25(19)26/h1-15,23H,16-18H2. The van der Waals surface area contributed by atoms with E-state index in [-0.39, 0.29) is 11.9 Å². The van der Waals surface area contributed by atoms with Gasteiger partial charge in [0.2, 0.25) is 0 Å². The molecule has 0 fully saturated rings. The summed E-state index contributed by atoms with van der Waals surface area (Å²) in [6.45, 7) is 0.999. The highest BCUT2D eigenvalue weighted by atomic mass is 35.5. The topological polar surface area (TPSA) is 29.5 Å². The van der Waals surface area contributed by atoms with Crippen LogP contribution in [0.15, 0.2) is 91.0 Å². The van der Waals surface area contributed by atoms with Crippen molar-refractivity contribution in [2.24, 2.45) is 0 Å². The first-order chi connectivity index (χ1) is 15.2. The zero-order valence-electron chi connectivity index (χ0n) is 17.0. The van der Waals surface area contributed by atoms with Gasteiger partial charge < -0.3 is 9.64 Å². The molecule has 0 aliphatic carbocycles. The summed E-state index contributed by atoms with van der Waals surface area (Å²) < 4.78 is 6.07. The first-order valence-corrected chi connectivity index (χ1v) is 10.8. The summed E-state index contributed by atoms with van der Waals surface area (Å²) in [7, 11) is 0. The van der Waals surface area contributed by atoms with Crippen LogP contribution in [0, 0.1) is 0 Å². The molecule has 1 aliphatic heterocycles. The lowest BCUT2D eigenvalue weighted by Gasteiger charge is -2.37. The Morgan fingerprint density at radius 3 is 2.42 bits per heavy atom. The number of nitrogens with zero attached hydrogens (tertiary/aromatic N) is 1. The van der Waals surface area contributed by atoms with Gasteiger partial charge in [-0.05, 0) is 58.7 Å². The van der Waals surface area contributed by atoms with Crippen molar-refractivity contribution in [3.63, 3.8) is 0 Å². The molecule has 0 N–H and O–H groups in total. The predicted molar refractivity (Wildman–Crippen MR) is 125 cm³/mol. The lowest BCUT2D eigenvalue weighted by molar-refractivity contribution is 0.0568. The van der Waals surface area contributed by atoms with Crippen LogP contribution >= 0.6 is 11.6 Å². The zero-order chi connectivity index (χ0) is 21.2. The fourth-order valence-corrected chi connectivity index (χ4v) is 4.39. The Balaban J connectivity index is 1.47. The predicted octanol–water partition coefficient (Wildman–Crippen LogP) is 6.14. The van der Waals surface area contributed by atoms with Gasteiger partial charge in [-0.1, -0.05) is 72.3 Å². The van der Waals surface area contributed by atoms with Crippen LogP contribution in [0.5, 0.6) is 5.75 Å². The summed E-state index contributed by atoms with van der Waals surface area (Å²) in [6.07, 6.45) is 0.764. The fraction of sp³-hybridized carbons (Fsp3) is 0.148. The molecule has 4 heteroatoms. The average Bonchev–Trinajstić information content (AvgIpc) is 2.82. The van der Waals surface area contributed by atoms with Crippen molar-refractivity contribution in [3.8, 4) is 5.75 Å². The average molecular weight is 428 g/mol. The maximum Gasteiger partial charge on any atom is 0.255 e. The Labute approximate surface area is 186 Å². The van der Waals surface area contributed by atoms with E-state index >= 15 is 0 Å². The number of carbonyl (C=O) groups excluding carboxylic acids is 1. The van der Waals surface area contributed by atoms with Crippen molar-refractivity contribution < 1.29 is 9.53 Å². The minimum Gasteiger partial charge on any atom is -0.491 e. The lowest BCUT2D eigenvalue weighted by Crippen LogP contribution is -2.47. The largest absolute Gasteiger partial charge is 0.491 e. The van der Waals surface area contributed by atoms with Gasteiger partial charge >= 0.3 is 0 Å². The van der Waals surface area contributed by atoms with E-state index in [9.17, 15) is 4.79 Å². The fourth-order valence-electron chi connectivity index (χ4n) is 4.26. The van der Waals surface area contributed by atoms with Gasteiger partial charge in [-0.3, -0.25) is 4.79 Å². The molecule has 154 valence electrons. The minimum absolute atomic E-state index is 0.0380. The molecule has 0 bridgehead atoms. The molecule has 1 amide bonds. The van der Waals surface area contributed by atoms with E-state index in [1.54, 1.807) is 0 Å². The maximum absolute atomic E-state index is 13.7. The van der Waals surface area contributed by atoms with Crippen LogP contribution in [0.4, 0.5) is 0 Å². The van der Waals surface area contributed by atoms with E-state index in [4.69, 9.17) is 16.3 Å². The molecule has 0 aromatic heterocycles. The highest BCUT2D eigenvalue weighted by Crippen LogP contribution is 2.28. The highest BCUT2D eigenvalue weighted by Gasteiger charge is 2.31. The third-order valence-corrected chi connectivity index (χ3v) is 6.14. The number of hydrogen-bond acceptors (Lipinski definition) is 2. The maximum atomic E-state index is 13.7. The number of carbonyl (C=O) groups is 1. The number of amides is 1. The highest BCUT2D eigenvalue weighted by molar-refractivity contribution is 6.30. The van der Waals surface area contributed by atoms with Crippen LogP contribution < -0.4 is 4.74 Å². The Morgan fingerprint density at radius 1 is 0.871 bits per heavy atom. The van der Waals surface area contributed by atoms with Crippen LogP contribution in [-0.2, 0) is 13.0 Å². The second-order valence-electron chi connectivity index (χ2n) is 7.85. The third kappa shape index (κ3) is 4.01. The number of halogens is 1. The molecule has 0 saturated carbocycles. The minimum atomic E-state index is -0.0583. The van der Waals surface area contributed by atoms with Crippen LogP contribution in [-0.4, -0.2) is 23.5 Å². The second-order valence-corrected chi connectivity index (χ2v) is 8.29. The van der Waals surface area contributed by atoms with Gasteiger partial charge in [-0.25, -0.2) is 0 Å². The molecule has 1 atom stereocenters. The summed E-state index contributed by atoms with van der Waals surface area (Å²) in [6, 6.07) is 29.6. The summed E-state index contributed by atoms with van der Waals surface area (Å²) >= 11 is 5.99. The van der Waals surface area contributed by atoms with Crippen LogP contribution in [0.3, 0.4) is 0 Å². The molecule has 4 aromatic carbocycles. The molecule has 31 heavy (non-hydrogen) atoms. The SMILES string of the molecule is O=C(c1cccc2ccccc12)N1Cc2ccccc2CC1COc1ccc(Cl)cc1. The first kappa shape index (κ1) is 19.7. The van der Waals surface area contributed by atoms with Crippen LogP contribution in [0.25, 0.3) is 10.8 Å². The van der Waals surface area contributed by atoms with E-state index in [0.717, 1.165) is 28.5 Å². The molecule has 0 saturated heterocycles. The van der Waals surface area contributed by atoms with Crippen molar-refractivity contribution in [1.29, 1.82) is 0 Å². The van der Waals surface area contributed by atoms with E-state index in [1.165, 1.54) is 11.1 Å². The number of rotatable bonds is 4. The van der Waals surface area contributed by atoms with Gasteiger partial charge in [0, 0.05) is 17.1 Å².